The first-order valence-electron chi connectivity index (χ1n) is 9.91. The molecule has 1 aliphatic carbocycles. The van der Waals surface area contributed by atoms with Crippen molar-refractivity contribution in [1.29, 1.82) is 0 Å². The molecule has 1 saturated carbocycles. The van der Waals surface area contributed by atoms with Crippen molar-refractivity contribution < 1.29 is 4.79 Å². The second-order valence-corrected chi connectivity index (χ2v) is 7.67. The van der Waals surface area contributed by atoms with Gasteiger partial charge in [-0.05, 0) is 49.1 Å². The quantitative estimate of drug-likeness (QED) is 0.536. The maximum atomic E-state index is 13.2. The van der Waals surface area contributed by atoms with Crippen LogP contribution in [0.25, 0.3) is 22.2 Å². The summed E-state index contributed by atoms with van der Waals surface area (Å²) in [5.41, 5.74) is 6.28. The van der Waals surface area contributed by atoms with Crippen LogP contribution >= 0.6 is 0 Å². The Balaban J connectivity index is 1.47. The average molecular weight is 382 g/mol. The number of aromatic nitrogens is 3. The van der Waals surface area contributed by atoms with E-state index in [0.29, 0.717) is 11.5 Å². The van der Waals surface area contributed by atoms with Crippen molar-refractivity contribution in [2.45, 2.75) is 25.7 Å². The highest BCUT2D eigenvalue weighted by Gasteiger charge is 2.28. The third-order valence-corrected chi connectivity index (χ3v) is 5.48. The molecule has 0 bridgehead atoms. The fourth-order valence-corrected chi connectivity index (χ4v) is 3.81. The van der Waals surface area contributed by atoms with Gasteiger partial charge in [-0.25, -0.2) is 4.98 Å². The van der Waals surface area contributed by atoms with Crippen LogP contribution in [-0.4, -0.2) is 20.7 Å². The number of fused-ring (bicyclic) bond motifs is 1. The minimum Gasteiger partial charge on any atom is -0.322 e. The minimum absolute atomic E-state index is 0.122. The highest BCUT2D eigenvalue weighted by Crippen LogP contribution is 2.40. The molecule has 5 rings (SSSR count). The van der Waals surface area contributed by atoms with Crippen LogP contribution < -0.4 is 5.32 Å². The van der Waals surface area contributed by atoms with E-state index in [9.17, 15) is 4.79 Å². The molecule has 1 fully saturated rings. The van der Waals surface area contributed by atoms with E-state index in [1.165, 1.54) is 0 Å². The summed E-state index contributed by atoms with van der Waals surface area (Å²) in [4.78, 5) is 17.9. The molecular weight excluding hydrogens is 360 g/mol. The standard InChI is InChI=1S/C24H22N4O/c1-15-22-20(14-21(18-8-9-18)26-23(22)28(2)27-15)24(29)25-19-12-10-17(11-13-19)16-6-4-3-5-7-16/h3-7,10-14,18H,8-9H2,1-2H3,(H,25,29). The second-order valence-electron chi connectivity index (χ2n) is 7.67. The number of aryl methyl sites for hydroxylation is 2. The lowest BCUT2D eigenvalue weighted by molar-refractivity contribution is 0.102. The van der Waals surface area contributed by atoms with Crippen LogP contribution in [0, 0.1) is 6.92 Å². The SMILES string of the molecule is Cc1nn(C)c2nc(C3CC3)cc(C(=O)Nc3ccc(-c4ccccc4)cc3)c12. The number of carbonyl (C=O) groups is 1. The van der Waals surface area contributed by atoms with Crippen molar-refractivity contribution in [2.24, 2.45) is 7.05 Å². The number of hydrogen-bond donors (Lipinski definition) is 1. The first kappa shape index (κ1) is 17.6. The molecular formula is C24H22N4O. The Morgan fingerprint density at radius 1 is 1.03 bits per heavy atom. The van der Waals surface area contributed by atoms with Crippen molar-refractivity contribution in [3.63, 3.8) is 0 Å². The van der Waals surface area contributed by atoms with Gasteiger partial charge in [-0.2, -0.15) is 5.10 Å². The summed E-state index contributed by atoms with van der Waals surface area (Å²) in [7, 11) is 1.88. The highest BCUT2D eigenvalue weighted by molar-refractivity contribution is 6.12. The summed E-state index contributed by atoms with van der Waals surface area (Å²) >= 11 is 0. The zero-order chi connectivity index (χ0) is 20.0. The molecule has 1 aliphatic rings. The summed E-state index contributed by atoms with van der Waals surface area (Å²) in [5.74, 6) is 0.342. The summed E-state index contributed by atoms with van der Waals surface area (Å²) < 4.78 is 1.77. The summed E-state index contributed by atoms with van der Waals surface area (Å²) in [6.07, 6.45) is 2.27. The number of hydrogen-bond acceptors (Lipinski definition) is 3. The normalized spacial score (nSPS) is 13.6. The number of rotatable bonds is 4. The molecule has 1 N–H and O–H groups in total. The van der Waals surface area contributed by atoms with E-state index in [4.69, 9.17) is 4.98 Å². The van der Waals surface area contributed by atoms with Crippen molar-refractivity contribution in [3.05, 3.63) is 77.6 Å². The molecule has 2 aromatic carbocycles. The minimum atomic E-state index is -0.122. The molecule has 1 amide bonds. The van der Waals surface area contributed by atoms with Crippen molar-refractivity contribution >= 4 is 22.6 Å². The van der Waals surface area contributed by atoms with Crippen LogP contribution in [-0.2, 0) is 7.05 Å². The predicted molar refractivity (Wildman–Crippen MR) is 115 cm³/mol. The number of anilines is 1. The molecule has 0 spiro atoms. The maximum absolute atomic E-state index is 13.2. The van der Waals surface area contributed by atoms with Gasteiger partial charge in [0.2, 0.25) is 0 Å². The van der Waals surface area contributed by atoms with E-state index < -0.39 is 0 Å². The summed E-state index contributed by atoms with van der Waals surface area (Å²) in [5, 5.41) is 8.36. The fourth-order valence-electron chi connectivity index (χ4n) is 3.81. The number of pyridine rings is 1. The number of nitrogens with zero attached hydrogens (tertiary/aromatic N) is 3. The van der Waals surface area contributed by atoms with Gasteiger partial charge >= 0.3 is 0 Å². The predicted octanol–water partition coefficient (Wildman–Crippen LogP) is 5.07. The summed E-state index contributed by atoms with van der Waals surface area (Å²) in [6.45, 7) is 1.92. The van der Waals surface area contributed by atoms with Gasteiger partial charge in [0, 0.05) is 24.3 Å². The van der Waals surface area contributed by atoms with Gasteiger partial charge < -0.3 is 5.32 Å². The molecule has 4 aromatic rings. The number of amides is 1. The third-order valence-electron chi connectivity index (χ3n) is 5.48. The smallest absolute Gasteiger partial charge is 0.256 e. The van der Waals surface area contributed by atoms with Crippen molar-refractivity contribution in [1.82, 2.24) is 14.8 Å². The van der Waals surface area contributed by atoms with Gasteiger partial charge in [0.05, 0.1) is 16.6 Å². The van der Waals surface area contributed by atoms with Crippen molar-refractivity contribution in [3.8, 4) is 11.1 Å². The van der Waals surface area contributed by atoms with Gasteiger partial charge in [-0.15, -0.1) is 0 Å². The van der Waals surface area contributed by atoms with E-state index in [1.54, 1.807) is 4.68 Å². The van der Waals surface area contributed by atoms with E-state index in [0.717, 1.165) is 52.1 Å². The van der Waals surface area contributed by atoms with Gasteiger partial charge in [0.15, 0.2) is 5.65 Å². The molecule has 144 valence electrons. The third kappa shape index (κ3) is 3.29. The van der Waals surface area contributed by atoms with Crippen LogP contribution in [0.1, 0.15) is 40.5 Å². The van der Waals surface area contributed by atoms with E-state index in [-0.39, 0.29) is 5.91 Å². The Hall–Kier alpha value is -3.47. The van der Waals surface area contributed by atoms with Crippen LogP contribution in [0.4, 0.5) is 5.69 Å². The topological polar surface area (TPSA) is 59.8 Å². The van der Waals surface area contributed by atoms with Gasteiger partial charge in [-0.3, -0.25) is 9.48 Å². The zero-order valence-electron chi connectivity index (χ0n) is 16.5. The molecule has 5 heteroatoms. The van der Waals surface area contributed by atoms with E-state index in [2.05, 4.69) is 22.5 Å². The molecule has 0 radical (unpaired) electrons. The zero-order valence-corrected chi connectivity index (χ0v) is 16.5. The maximum Gasteiger partial charge on any atom is 0.256 e. The molecule has 5 nitrogen and oxygen atoms in total. The van der Waals surface area contributed by atoms with Crippen LogP contribution in [0.2, 0.25) is 0 Å². The second kappa shape index (κ2) is 6.85. The number of nitrogens with one attached hydrogen (secondary N) is 1. The lowest BCUT2D eigenvalue weighted by Crippen LogP contribution is -2.13. The molecule has 2 aromatic heterocycles. The molecule has 0 atom stereocenters. The molecule has 0 unspecified atom stereocenters. The van der Waals surface area contributed by atoms with Gasteiger partial charge in [-0.1, -0.05) is 42.5 Å². The number of carbonyl (C=O) groups excluding carboxylic acids is 1. The Morgan fingerprint density at radius 3 is 2.41 bits per heavy atom. The molecule has 0 aliphatic heterocycles. The Bertz CT molecular complexity index is 1210. The summed E-state index contributed by atoms with van der Waals surface area (Å²) in [6, 6.07) is 20.1. The van der Waals surface area contributed by atoms with Gasteiger partial charge in [0.1, 0.15) is 0 Å². The first-order valence-corrected chi connectivity index (χ1v) is 9.91. The average Bonchev–Trinajstić information content (AvgIpc) is 3.55. The van der Waals surface area contributed by atoms with Crippen LogP contribution in [0.3, 0.4) is 0 Å². The molecule has 29 heavy (non-hydrogen) atoms. The lowest BCUT2D eigenvalue weighted by Gasteiger charge is -2.10. The monoisotopic (exact) mass is 382 g/mol. The van der Waals surface area contributed by atoms with Crippen LogP contribution in [0.5, 0.6) is 0 Å². The van der Waals surface area contributed by atoms with Gasteiger partial charge in [0.25, 0.3) is 5.91 Å². The fraction of sp³-hybridized carbons (Fsp3) is 0.208. The Kier molecular flexibility index (Phi) is 4.16. The molecule has 0 saturated heterocycles. The Morgan fingerprint density at radius 2 is 1.72 bits per heavy atom. The van der Waals surface area contributed by atoms with Crippen molar-refractivity contribution in [2.75, 3.05) is 5.32 Å². The number of benzene rings is 2. The lowest BCUT2D eigenvalue weighted by atomic mass is 10.0. The first-order chi connectivity index (χ1) is 14.1. The largest absolute Gasteiger partial charge is 0.322 e. The van der Waals surface area contributed by atoms with E-state index >= 15 is 0 Å². The van der Waals surface area contributed by atoms with Crippen LogP contribution in [0.15, 0.2) is 60.7 Å². The Labute approximate surface area is 169 Å². The highest BCUT2D eigenvalue weighted by atomic mass is 16.1. The molecule has 2 heterocycles. The van der Waals surface area contributed by atoms with E-state index in [1.807, 2.05) is 62.5 Å².